The Kier molecular flexibility index (Phi) is 2.15. The number of hydrogen-bond acceptors (Lipinski definition) is 0. The highest BCUT2D eigenvalue weighted by Crippen LogP contribution is 2.47. The van der Waals surface area contributed by atoms with Crippen molar-refractivity contribution in [2.75, 3.05) is 0 Å². The first-order valence-electron chi connectivity index (χ1n) is 5.27. The monoisotopic (exact) mass is 174 g/mol. The zero-order valence-electron chi connectivity index (χ0n) is 8.53. The van der Waals surface area contributed by atoms with Crippen LogP contribution in [0.3, 0.4) is 0 Å². The molecule has 0 heteroatoms. The lowest BCUT2D eigenvalue weighted by Crippen LogP contribution is -2.35. The van der Waals surface area contributed by atoms with Crippen molar-refractivity contribution >= 4 is 0 Å². The molecule has 2 aliphatic rings. The summed E-state index contributed by atoms with van der Waals surface area (Å²) in [5.41, 5.74) is 0.420. The van der Waals surface area contributed by atoms with Gasteiger partial charge in [0.05, 0.1) is 0 Å². The second kappa shape index (κ2) is 3.17. The van der Waals surface area contributed by atoms with Gasteiger partial charge in [-0.25, -0.2) is 0 Å². The Morgan fingerprint density at radius 1 is 1.23 bits per heavy atom. The SMILES string of the molecule is CC(C)C12C=CC=CC1CC=CC2. The van der Waals surface area contributed by atoms with Crippen LogP contribution in [-0.4, -0.2) is 0 Å². The first-order chi connectivity index (χ1) is 6.26. The van der Waals surface area contributed by atoms with E-state index in [1.54, 1.807) is 0 Å². The molecule has 2 rings (SSSR count). The van der Waals surface area contributed by atoms with E-state index in [-0.39, 0.29) is 0 Å². The molecule has 0 spiro atoms. The fraction of sp³-hybridized carbons (Fsp3) is 0.538. The van der Waals surface area contributed by atoms with Crippen LogP contribution in [0.4, 0.5) is 0 Å². The molecule has 0 radical (unpaired) electrons. The average molecular weight is 174 g/mol. The second-order valence-corrected chi connectivity index (χ2v) is 4.53. The van der Waals surface area contributed by atoms with Gasteiger partial charge in [-0.2, -0.15) is 0 Å². The summed E-state index contributed by atoms with van der Waals surface area (Å²) in [6.45, 7) is 4.69. The summed E-state index contributed by atoms with van der Waals surface area (Å²) >= 11 is 0. The van der Waals surface area contributed by atoms with E-state index in [9.17, 15) is 0 Å². The Morgan fingerprint density at radius 3 is 2.77 bits per heavy atom. The predicted octanol–water partition coefficient (Wildman–Crippen LogP) is 3.72. The molecule has 0 bridgehead atoms. The van der Waals surface area contributed by atoms with Crippen LogP contribution >= 0.6 is 0 Å². The normalized spacial score (nSPS) is 36.7. The van der Waals surface area contributed by atoms with Crippen molar-refractivity contribution in [1.82, 2.24) is 0 Å². The van der Waals surface area contributed by atoms with Gasteiger partial charge in [0.25, 0.3) is 0 Å². The van der Waals surface area contributed by atoms with E-state index < -0.39 is 0 Å². The van der Waals surface area contributed by atoms with E-state index in [1.165, 1.54) is 12.8 Å². The summed E-state index contributed by atoms with van der Waals surface area (Å²) < 4.78 is 0. The molecular formula is C13H18. The maximum Gasteiger partial charge on any atom is 0.000806 e. The molecule has 2 aliphatic carbocycles. The number of allylic oxidation sites excluding steroid dienone is 6. The average Bonchev–Trinajstić information content (AvgIpc) is 2.17. The van der Waals surface area contributed by atoms with Crippen molar-refractivity contribution < 1.29 is 0 Å². The highest BCUT2D eigenvalue weighted by molar-refractivity contribution is 5.24. The minimum atomic E-state index is 0.420. The van der Waals surface area contributed by atoms with Crippen molar-refractivity contribution in [1.29, 1.82) is 0 Å². The summed E-state index contributed by atoms with van der Waals surface area (Å²) in [5, 5.41) is 0. The van der Waals surface area contributed by atoms with Crippen molar-refractivity contribution in [2.24, 2.45) is 17.3 Å². The molecule has 0 nitrogen and oxygen atoms in total. The van der Waals surface area contributed by atoms with Gasteiger partial charge in [-0.05, 0) is 24.7 Å². The molecule has 0 saturated carbocycles. The first-order valence-corrected chi connectivity index (χ1v) is 5.27. The molecule has 0 aromatic heterocycles. The van der Waals surface area contributed by atoms with Gasteiger partial charge in [-0.3, -0.25) is 0 Å². The fourth-order valence-electron chi connectivity index (χ4n) is 2.64. The summed E-state index contributed by atoms with van der Waals surface area (Å²) in [6, 6.07) is 0. The van der Waals surface area contributed by atoms with Gasteiger partial charge in [0.1, 0.15) is 0 Å². The van der Waals surface area contributed by atoms with Crippen molar-refractivity contribution in [3.63, 3.8) is 0 Å². The maximum absolute atomic E-state index is 2.42. The lowest BCUT2D eigenvalue weighted by Gasteiger charge is -2.43. The Balaban J connectivity index is 2.36. The zero-order valence-corrected chi connectivity index (χ0v) is 8.53. The molecule has 0 aliphatic heterocycles. The third kappa shape index (κ3) is 1.29. The van der Waals surface area contributed by atoms with Crippen LogP contribution in [0.2, 0.25) is 0 Å². The molecule has 0 heterocycles. The molecule has 70 valence electrons. The van der Waals surface area contributed by atoms with E-state index >= 15 is 0 Å². The minimum absolute atomic E-state index is 0.420. The second-order valence-electron chi connectivity index (χ2n) is 4.53. The van der Waals surface area contributed by atoms with Gasteiger partial charge in [0, 0.05) is 5.41 Å². The van der Waals surface area contributed by atoms with Crippen LogP contribution in [-0.2, 0) is 0 Å². The molecule has 0 aromatic rings. The molecule has 13 heavy (non-hydrogen) atoms. The van der Waals surface area contributed by atoms with E-state index in [0.717, 1.165) is 11.8 Å². The van der Waals surface area contributed by atoms with Crippen LogP contribution in [0.15, 0.2) is 36.5 Å². The van der Waals surface area contributed by atoms with Crippen LogP contribution < -0.4 is 0 Å². The molecule has 0 fully saturated rings. The molecular weight excluding hydrogens is 156 g/mol. The number of rotatable bonds is 1. The Hall–Kier alpha value is -0.780. The van der Waals surface area contributed by atoms with Gasteiger partial charge in [0.2, 0.25) is 0 Å². The summed E-state index contributed by atoms with van der Waals surface area (Å²) in [7, 11) is 0. The van der Waals surface area contributed by atoms with Crippen molar-refractivity contribution in [3.8, 4) is 0 Å². The standard InChI is InChI=1S/C13H18/c1-11(2)13-9-5-3-7-12(13)8-4-6-10-13/h3-7,9,11-12H,8,10H2,1-2H3. The predicted molar refractivity (Wildman–Crippen MR) is 57.4 cm³/mol. The third-order valence-corrected chi connectivity index (χ3v) is 3.65. The Morgan fingerprint density at radius 2 is 2.08 bits per heavy atom. The van der Waals surface area contributed by atoms with Gasteiger partial charge in [-0.1, -0.05) is 50.3 Å². The minimum Gasteiger partial charge on any atom is -0.0879 e. The number of hydrogen-bond donors (Lipinski definition) is 0. The molecule has 2 atom stereocenters. The molecule has 0 aromatic carbocycles. The van der Waals surface area contributed by atoms with Crippen molar-refractivity contribution in [2.45, 2.75) is 26.7 Å². The van der Waals surface area contributed by atoms with Crippen LogP contribution in [0, 0.1) is 17.3 Å². The fourth-order valence-corrected chi connectivity index (χ4v) is 2.64. The Bertz CT molecular complexity index is 268. The van der Waals surface area contributed by atoms with E-state index in [0.29, 0.717) is 5.41 Å². The van der Waals surface area contributed by atoms with E-state index in [4.69, 9.17) is 0 Å². The van der Waals surface area contributed by atoms with Gasteiger partial charge >= 0.3 is 0 Å². The van der Waals surface area contributed by atoms with E-state index in [2.05, 4.69) is 50.3 Å². The summed E-state index contributed by atoms with van der Waals surface area (Å²) in [6.07, 6.45) is 16.3. The van der Waals surface area contributed by atoms with Crippen LogP contribution in [0.5, 0.6) is 0 Å². The van der Waals surface area contributed by atoms with Gasteiger partial charge in [0.15, 0.2) is 0 Å². The van der Waals surface area contributed by atoms with Crippen molar-refractivity contribution in [3.05, 3.63) is 36.5 Å². The molecule has 0 saturated heterocycles. The summed E-state index contributed by atoms with van der Waals surface area (Å²) in [4.78, 5) is 0. The molecule has 0 amide bonds. The van der Waals surface area contributed by atoms with Gasteiger partial charge in [-0.15, -0.1) is 0 Å². The summed E-state index contributed by atoms with van der Waals surface area (Å²) in [5.74, 6) is 1.48. The molecule has 0 N–H and O–H groups in total. The largest absolute Gasteiger partial charge is 0.0879 e. The van der Waals surface area contributed by atoms with Gasteiger partial charge < -0.3 is 0 Å². The first kappa shape index (κ1) is 8.80. The highest BCUT2D eigenvalue weighted by atomic mass is 14.4. The third-order valence-electron chi connectivity index (χ3n) is 3.65. The highest BCUT2D eigenvalue weighted by Gasteiger charge is 2.38. The smallest absolute Gasteiger partial charge is 0.000806 e. The quantitative estimate of drug-likeness (QED) is 0.531. The van der Waals surface area contributed by atoms with Crippen LogP contribution in [0.1, 0.15) is 26.7 Å². The number of fused-ring (bicyclic) bond motifs is 1. The lowest BCUT2D eigenvalue weighted by atomic mass is 9.61. The topological polar surface area (TPSA) is 0 Å². The zero-order chi connectivity index (χ0) is 9.31. The Labute approximate surface area is 81.0 Å². The molecule has 2 unspecified atom stereocenters. The lowest BCUT2D eigenvalue weighted by molar-refractivity contribution is 0.180. The van der Waals surface area contributed by atoms with Crippen LogP contribution in [0.25, 0.3) is 0 Å². The maximum atomic E-state index is 2.42. The van der Waals surface area contributed by atoms with E-state index in [1.807, 2.05) is 0 Å².